The Morgan fingerprint density at radius 3 is 2.89 bits per heavy atom. The van der Waals surface area contributed by atoms with E-state index in [0.29, 0.717) is 24.7 Å². The van der Waals surface area contributed by atoms with E-state index in [1.165, 1.54) is 6.33 Å². The second-order valence-corrected chi connectivity index (χ2v) is 3.69. The van der Waals surface area contributed by atoms with Crippen molar-refractivity contribution in [1.29, 1.82) is 0 Å². The average Bonchev–Trinajstić information content (AvgIpc) is 2.86. The fraction of sp³-hybridized carbons (Fsp3) is 0.231. The molecule has 0 unspecified atom stereocenters. The Morgan fingerprint density at radius 2 is 2.17 bits per heavy atom. The molecule has 18 heavy (non-hydrogen) atoms. The lowest BCUT2D eigenvalue weighted by Crippen LogP contribution is -2.09. The molecule has 1 aromatic heterocycles. The van der Waals surface area contributed by atoms with Crippen molar-refractivity contribution in [3.63, 3.8) is 0 Å². The number of hydrogen-bond donors (Lipinski definition) is 2. The zero-order valence-corrected chi connectivity index (χ0v) is 10.1. The van der Waals surface area contributed by atoms with Gasteiger partial charge in [0.25, 0.3) is 0 Å². The van der Waals surface area contributed by atoms with E-state index in [1.54, 1.807) is 6.92 Å². The number of nitrogens with zero attached hydrogens (tertiary/aromatic N) is 1. The molecule has 2 aromatic rings. The van der Waals surface area contributed by atoms with Crippen LogP contribution in [0.25, 0.3) is 0 Å². The minimum Gasteiger partial charge on any atom is -0.461 e. The molecule has 2 N–H and O–H groups in total. The van der Waals surface area contributed by atoms with Gasteiger partial charge in [-0.25, -0.2) is 9.78 Å². The van der Waals surface area contributed by atoms with Crippen LogP contribution in [-0.4, -0.2) is 22.5 Å². The number of nitrogens with one attached hydrogen (secondary N) is 2. The number of imidazole rings is 1. The minimum absolute atomic E-state index is 0.343. The van der Waals surface area contributed by atoms with Gasteiger partial charge < -0.3 is 15.0 Å². The summed E-state index contributed by atoms with van der Waals surface area (Å²) in [6.45, 7) is 2.72. The van der Waals surface area contributed by atoms with E-state index in [0.717, 1.165) is 5.56 Å². The summed E-state index contributed by atoms with van der Waals surface area (Å²) in [4.78, 5) is 18.5. The molecule has 0 radical (unpaired) electrons. The van der Waals surface area contributed by atoms with Gasteiger partial charge in [-0.05, 0) is 12.5 Å². The highest BCUT2D eigenvalue weighted by Crippen LogP contribution is 2.12. The summed E-state index contributed by atoms with van der Waals surface area (Å²) in [5.41, 5.74) is 1.48. The highest BCUT2D eigenvalue weighted by molar-refractivity contribution is 5.92. The first-order valence-corrected chi connectivity index (χ1v) is 5.79. The Hall–Kier alpha value is -2.30. The lowest BCUT2D eigenvalue weighted by molar-refractivity contribution is 0.0521. The van der Waals surface area contributed by atoms with Crippen LogP contribution in [-0.2, 0) is 11.3 Å². The molecule has 1 aromatic carbocycles. The molecule has 5 heteroatoms. The first-order chi connectivity index (χ1) is 8.81. The maximum absolute atomic E-state index is 11.6. The number of H-pyrrole nitrogens is 1. The number of rotatable bonds is 5. The van der Waals surface area contributed by atoms with Gasteiger partial charge in [-0.3, -0.25) is 0 Å². The molecule has 0 spiro atoms. The van der Waals surface area contributed by atoms with Crippen LogP contribution >= 0.6 is 0 Å². The van der Waals surface area contributed by atoms with Crippen LogP contribution < -0.4 is 5.32 Å². The second kappa shape index (κ2) is 5.86. The summed E-state index contributed by atoms with van der Waals surface area (Å²) in [6.07, 6.45) is 1.47. The zero-order chi connectivity index (χ0) is 12.8. The maximum Gasteiger partial charge on any atom is 0.358 e. The fourth-order valence-electron chi connectivity index (χ4n) is 1.57. The van der Waals surface area contributed by atoms with E-state index in [-0.39, 0.29) is 0 Å². The van der Waals surface area contributed by atoms with Crippen LogP contribution in [0.3, 0.4) is 0 Å². The molecule has 0 aliphatic heterocycles. The quantitative estimate of drug-likeness (QED) is 0.792. The third-order valence-corrected chi connectivity index (χ3v) is 2.42. The number of carbonyl (C=O) groups excluding carboxylic acids is 1. The van der Waals surface area contributed by atoms with Gasteiger partial charge in [0.15, 0.2) is 11.5 Å². The Kier molecular flexibility index (Phi) is 3.96. The minimum atomic E-state index is -0.398. The number of aromatic amines is 1. The molecule has 1 heterocycles. The molecular formula is C13H15N3O2. The predicted octanol–water partition coefficient (Wildman–Crippen LogP) is 2.20. The van der Waals surface area contributed by atoms with Gasteiger partial charge in [-0.1, -0.05) is 30.3 Å². The summed E-state index contributed by atoms with van der Waals surface area (Å²) < 4.78 is 4.93. The highest BCUT2D eigenvalue weighted by Gasteiger charge is 2.14. The van der Waals surface area contributed by atoms with Crippen LogP contribution in [0.4, 0.5) is 5.82 Å². The van der Waals surface area contributed by atoms with E-state index >= 15 is 0 Å². The maximum atomic E-state index is 11.6. The zero-order valence-electron chi connectivity index (χ0n) is 10.1. The van der Waals surface area contributed by atoms with Gasteiger partial charge in [0, 0.05) is 6.54 Å². The van der Waals surface area contributed by atoms with Crippen molar-refractivity contribution in [2.24, 2.45) is 0 Å². The fourth-order valence-corrected chi connectivity index (χ4v) is 1.57. The molecule has 5 nitrogen and oxygen atoms in total. The number of esters is 1. The summed E-state index contributed by atoms with van der Waals surface area (Å²) in [7, 11) is 0. The smallest absolute Gasteiger partial charge is 0.358 e. The normalized spacial score (nSPS) is 10.1. The number of benzene rings is 1. The number of anilines is 1. The average molecular weight is 245 g/mol. The Bertz CT molecular complexity index is 508. The van der Waals surface area contributed by atoms with Crippen LogP contribution in [0.2, 0.25) is 0 Å². The van der Waals surface area contributed by atoms with E-state index < -0.39 is 5.97 Å². The third-order valence-electron chi connectivity index (χ3n) is 2.42. The molecule has 0 saturated carbocycles. The Balaban J connectivity index is 2.02. The number of ether oxygens (including phenoxy) is 1. The highest BCUT2D eigenvalue weighted by atomic mass is 16.5. The SMILES string of the molecule is CCOC(=O)c1[nH]cnc1NCc1ccccc1. The number of aromatic nitrogens is 2. The van der Waals surface area contributed by atoms with Crippen LogP contribution in [0.1, 0.15) is 23.0 Å². The first-order valence-electron chi connectivity index (χ1n) is 5.79. The van der Waals surface area contributed by atoms with Gasteiger partial charge in [-0.15, -0.1) is 0 Å². The van der Waals surface area contributed by atoms with Crippen molar-refractivity contribution in [3.8, 4) is 0 Å². The number of hydrogen-bond acceptors (Lipinski definition) is 4. The lowest BCUT2D eigenvalue weighted by atomic mass is 10.2. The van der Waals surface area contributed by atoms with E-state index in [4.69, 9.17) is 4.74 Å². The summed E-state index contributed by atoms with van der Waals surface area (Å²) in [6, 6.07) is 9.90. The molecule has 0 fully saturated rings. The van der Waals surface area contributed by atoms with Crippen molar-refractivity contribution in [2.45, 2.75) is 13.5 Å². The van der Waals surface area contributed by atoms with Crippen molar-refractivity contribution >= 4 is 11.8 Å². The van der Waals surface area contributed by atoms with Gasteiger partial charge >= 0.3 is 5.97 Å². The van der Waals surface area contributed by atoms with Crippen LogP contribution in [0.15, 0.2) is 36.7 Å². The van der Waals surface area contributed by atoms with Crippen molar-refractivity contribution in [3.05, 3.63) is 47.9 Å². The van der Waals surface area contributed by atoms with Gasteiger partial charge in [0.1, 0.15) is 0 Å². The standard InChI is InChI=1S/C13H15N3O2/c1-2-18-13(17)11-12(16-9-15-11)14-8-10-6-4-3-5-7-10/h3-7,9,14H,2,8H2,1H3,(H,15,16). The van der Waals surface area contributed by atoms with Crippen molar-refractivity contribution in [1.82, 2.24) is 9.97 Å². The Morgan fingerprint density at radius 1 is 1.39 bits per heavy atom. The van der Waals surface area contributed by atoms with Gasteiger partial charge in [0.2, 0.25) is 0 Å². The topological polar surface area (TPSA) is 67.0 Å². The lowest BCUT2D eigenvalue weighted by Gasteiger charge is -2.05. The largest absolute Gasteiger partial charge is 0.461 e. The monoisotopic (exact) mass is 245 g/mol. The van der Waals surface area contributed by atoms with E-state index in [1.807, 2.05) is 30.3 Å². The van der Waals surface area contributed by atoms with Gasteiger partial charge in [-0.2, -0.15) is 0 Å². The molecule has 0 atom stereocenters. The van der Waals surface area contributed by atoms with Crippen LogP contribution in [0, 0.1) is 0 Å². The number of carbonyl (C=O) groups is 1. The van der Waals surface area contributed by atoms with Crippen LogP contribution in [0.5, 0.6) is 0 Å². The Labute approximate surface area is 105 Å². The molecule has 0 bridgehead atoms. The van der Waals surface area contributed by atoms with Crippen molar-refractivity contribution < 1.29 is 9.53 Å². The van der Waals surface area contributed by atoms with E-state index in [9.17, 15) is 4.79 Å². The van der Waals surface area contributed by atoms with Gasteiger partial charge in [0.05, 0.1) is 12.9 Å². The first kappa shape index (κ1) is 12.2. The van der Waals surface area contributed by atoms with Crippen molar-refractivity contribution in [2.75, 3.05) is 11.9 Å². The van der Waals surface area contributed by atoms with E-state index in [2.05, 4.69) is 15.3 Å². The second-order valence-electron chi connectivity index (χ2n) is 3.69. The summed E-state index contributed by atoms with van der Waals surface area (Å²) in [5, 5.41) is 3.11. The molecule has 0 aliphatic carbocycles. The molecule has 0 amide bonds. The third kappa shape index (κ3) is 2.88. The molecular weight excluding hydrogens is 230 g/mol. The summed E-state index contributed by atoms with van der Waals surface area (Å²) in [5.74, 6) is 0.114. The molecule has 94 valence electrons. The predicted molar refractivity (Wildman–Crippen MR) is 68.3 cm³/mol. The summed E-state index contributed by atoms with van der Waals surface area (Å²) >= 11 is 0. The molecule has 0 saturated heterocycles. The molecule has 2 rings (SSSR count). The molecule has 0 aliphatic rings.